The van der Waals surface area contributed by atoms with Crippen molar-refractivity contribution >= 4 is 23.3 Å². The van der Waals surface area contributed by atoms with Crippen LogP contribution in [0.4, 0.5) is 23.3 Å². The Bertz CT molecular complexity index is 414. The normalized spacial score (nSPS) is 16.6. The topological polar surface area (TPSA) is 110 Å². The molecule has 1 aliphatic heterocycles. The molecular formula is C10H16N6O. The predicted molar refractivity (Wildman–Crippen MR) is 67.0 cm³/mol. The number of nitrogen functional groups attached to an aromatic ring is 2. The molecule has 0 unspecified atom stereocenters. The van der Waals surface area contributed by atoms with Gasteiger partial charge >= 0.3 is 0 Å². The van der Waals surface area contributed by atoms with Crippen molar-refractivity contribution in [3.8, 4) is 0 Å². The molecule has 1 aromatic heterocycles. The third-order valence-corrected chi connectivity index (χ3v) is 2.91. The standard InChI is InChI=1S/C10H16N6O/c11-8-7(15-17)9(14-10(12)13-8)16-5-3-1-2-4-6-16/h1-6H2,(H4,11,12,13,14). The van der Waals surface area contributed by atoms with E-state index >= 15 is 0 Å². The molecule has 92 valence electrons. The molecule has 7 heteroatoms. The van der Waals surface area contributed by atoms with Crippen LogP contribution in [0.2, 0.25) is 0 Å². The van der Waals surface area contributed by atoms with Crippen LogP contribution in [-0.4, -0.2) is 23.1 Å². The Labute approximate surface area is 99.2 Å². The van der Waals surface area contributed by atoms with Gasteiger partial charge in [0.15, 0.2) is 17.3 Å². The van der Waals surface area contributed by atoms with Crippen molar-refractivity contribution in [3.63, 3.8) is 0 Å². The Morgan fingerprint density at radius 2 is 1.71 bits per heavy atom. The van der Waals surface area contributed by atoms with Crippen LogP contribution in [0.25, 0.3) is 0 Å². The van der Waals surface area contributed by atoms with Crippen molar-refractivity contribution in [2.45, 2.75) is 25.7 Å². The molecule has 0 radical (unpaired) electrons. The zero-order chi connectivity index (χ0) is 12.3. The molecule has 2 heterocycles. The molecule has 0 aliphatic carbocycles. The minimum Gasteiger partial charge on any atom is -0.382 e. The SMILES string of the molecule is Nc1nc(N)c(N=O)c(N2CCCCCC2)n1. The average molecular weight is 236 g/mol. The Hall–Kier alpha value is -1.92. The summed E-state index contributed by atoms with van der Waals surface area (Å²) in [5.74, 6) is 0.591. The van der Waals surface area contributed by atoms with Crippen LogP contribution >= 0.6 is 0 Å². The summed E-state index contributed by atoms with van der Waals surface area (Å²) < 4.78 is 0. The highest BCUT2D eigenvalue weighted by Crippen LogP contribution is 2.33. The predicted octanol–water partition coefficient (Wildman–Crippen LogP) is 1.42. The first-order valence-corrected chi connectivity index (χ1v) is 5.73. The minimum atomic E-state index is 0.0479. The molecule has 2 rings (SSSR count). The van der Waals surface area contributed by atoms with Crippen LogP contribution in [-0.2, 0) is 0 Å². The molecule has 7 nitrogen and oxygen atoms in total. The van der Waals surface area contributed by atoms with Gasteiger partial charge in [0, 0.05) is 13.1 Å². The number of nitrogens with zero attached hydrogens (tertiary/aromatic N) is 4. The van der Waals surface area contributed by atoms with E-state index in [2.05, 4.69) is 15.1 Å². The van der Waals surface area contributed by atoms with E-state index < -0.39 is 0 Å². The Kier molecular flexibility index (Phi) is 3.36. The lowest BCUT2D eigenvalue weighted by atomic mass is 10.2. The molecule has 1 fully saturated rings. The molecule has 1 aromatic rings. The van der Waals surface area contributed by atoms with E-state index in [1.54, 1.807) is 0 Å². The van der Waals surface area contributed by atoms with Gasteiger partial charge in [-0.3, -0.25) is 0 Å². The van der Waals surface area contributed by atoms with Gasteiger partial charge < -0.3 is 16.4 Å². The number of hydrogen-bond acceptors (Lipinski definition) is 7. The lowest BCUT2D eigenvalue weighted by Gasteiger charge is -2.22. The monoisotopic (exact) mass is 236 g/mol. The molecule has 0 bridgehead atoms. The van der Waals surface area contributed by atoms with Crippen LogP contribution in [0.1, 0.15) is 25.7 Å². The van der Waals surface area contributed by atoms with Gasteiger partial charge in [0.2, 0.25) is 5.95 Å². The summed E-state index contributed by atoms with van der Waals surface area (Å²) in [5, 5.41) is 2.92. The Balaban J connectivity index is 2.38. The number of nitrogens with two attached hydrogens (primary N) is 2. The van der Waals surface area contributed by atoms with Gasteiger partial charge in [0.05, 0.1) is 0 Å². The van der Waals surface area contributed by atoms with Crippen LogP contribution in [0.3, 0.4) is 0 Å². The van der Waals surface area contributed by atoms with Gasteiger partial charge in [-0.05, 0) is 18.0 Å². The van der Waals surface area contributed by atoms with Crippen molar-refractivity contribution < 1.29 is 0 Å². The van der Waals surface area contributed by atoms with Gasteiger partial charge in [-0.1, -0.05) is 12.8 Å². The van der Waals surface area contributed by atoms with Gasteiger partial charge in [-0.15, -0.1) is 4.91 Å². The molecule has 0 saturated carbocycles. The van der Waals surface area contributed by atoms with Gasteiger partial charge in [-0.2, -0.15) is 9.97 Å². The molecule has 1 saturated heterocycles. The first kappa shape index (κ1) is 11.6. The lowest BCUT2D eigenvalue weighted by Crippen LogP contribution is -2.25. The van der Waals surface area contributed by atoms with Crippen LogP contribution in [0.5, 0.6) is 0 Å². The summed E-state index contributed by atoms with van der Waals surface area (Å²) >= 11 is 0. The van der Waals surface area contributed by atoms with E-state index in [1.807, 2.05) is 4.90 Å². The van der Waals surface area contributed by atoms with E-state index in [-0.39, 0.29) is 17.5 Å². The van der Waals surface area contributed by atoms with Gasteiger partial charge in [0.1, 0.15) is 0 Å². The van der Waals surface area contributed by atoms with Crippen LogP contribution in [0, 0.1) is 4.91 Å². The molecule has 0 aromatic carbocycles. The average Bonchev–Trinajstić information content (AvgIpc) is 2.56. The summed E-state index contributed by atoms with van der Waals surface area (Å²) in [5.41, 5.74) is 11.3. The summed E-state index contributed by atoms with van der Waals surface area (Å²) in [6.45, 7) is 1.69. The lowest BCUT2D eigenvalue weighted by molar-refractivity contribution is 0.726. The molecule has 17 heavy (non-hydrogen) atoms. The number of rotatable bonds is 2. The fraction of sp³-hybridized carbons (Fsp3) is 0.600. The summed E-state index contributed by atoms with van der Waals surface area (Å²) in [7, 11) is 0. The van der Waals surface area contributed by atoms with Crippen LogP contribution < -0.4 is 16.4 Å². The summed E-state index contributed by atoms with van der Waals surface area (Å²) in [6.07, 6.45) is 4.52. The largest absolute Gasteiger partial charge is 0.382 e. The van der Waals surface area contributed by atoms with Crippen LogP contribution in [0.15, 0.2) is 5.18 Å². The fourth-order valence-corrected chi connectivity index (χ4v) is 2.07. The quantitative estimate of drug-likeness (QED) is 0.751. The Morgan fingerprint density at radius 3 is 2.29 bits per heavy atom. The maximum atomic E-state index is 10.8. The zero-order valence-corrected chi connectivity index (χ0v) is 9.59. The second kappa shape index (κ2) is 4.94. The maximum Gasteiger partial charge on any atom is 0.224 e. The minimum absolute atomic E-state index is 0.0479. The first-order chi connectivity index (χ1) is 8.22. The number of aromatic nitrogens is 2. The van der Waals surface area contributed by atoms with E-state index in [1.165, 1.54) is 12.8 Å². The van der Waals surface area contributed by atoms with Gasteiger partial charge in [-0.25, -0.2) is 0 Å². The molecular weight excluding hydrogens is 220 g/mol. The summed E-state index contributed by atoms with van der Waals surface area (Å²) in [6, 6.07) is 0. The number of anilines is 3. The smallest absolute Gasteiger partial charge is 0.224 e. The van der Waals surface area contributed by atoms with Crippen molar-refractivity contribution in [3.05, 3.63) is 4.91 Å². The van der Waals surface area contributed by atoms with E-state index in [4.69, 9.17) is 11.5 Å². The van der Waals surface area contributed by atoms with Crippen molar-refractivity contribution in [2.75, 3.05) is 29.5 Å². The zero-order valence-electron chi connectivity index (χ0n) is 9.59. The molecule has 1 aliphatic rings. The third-order valence-electron chi connectivity index (χ3n) is 2.91. The number of hydrogen-bond donors (Lipinski definition) is 2. The van der Waals surface area contributed by atoms with Crippen molar-refractivity contribution in [1.82, 2.24) is 9.97 Å². The first-order valence-electron chi connectivity index (χ1n) is 5.73. The Morgan fingerprint density at radius 1 is 1.06 bits per heavy atom. The van der Waals surface area contributed by atoms with E-state index in [0.29, 0.717) is 5.82 Å². The molecule has 0 atom stereocenters. The van der Waals surface area contributed by atoms with E-state index in [0.717, 1.165) is 25.9 Å². The highest BCUT2D eigenvalue weighted by molar-refractivity contribution is 5.74. The highest BCUT2D eigenvalue weighted by atomic mass is 16.3. The highest BCUT2D eigenvalue weighted by Gasteiger charge is 2.19. The second-order valence-corrected chi connectivity index (χ2v) is 4.13. The number of nitroso groups, excluding NO2 is 1. The maximum absolute atomic E-state index is 10.8. The summed E-state index contributed by atoms with van der Waals surface area (Å²) in [4.78, 5) is 20.7. The van der Waals surface area contributed by atoms with Crippen molar-refractivity contribution in [2.24, 2.45) is 5.18 Å². The molecule has 0 spiro atoms. The molecule has 4 N–H and O–H groups in total. The third kappa shape index (κ3) is 2.43. The second-order valence-electron chi connectivity index (χ2n) is 4.13. The van der Waals surface area contributed by atoms with Gasteiger partial charge in [0.25, 0.3) is 0 Å². The fourth-order valence-electron chi connectivity index (χ4n) is 2.07. The van der Waals surface area contributed by atoms with Crippen molar-refractivity contribution in [1.29, 1.82) is 0 Å². The molecule has 0 amide bonds. The van der Waals surface area contributed by atoms with E-state index in [9.17, 15) is 4.91 Å².